The average Bonchev–Trinajstić information content (AvgIpc) is 2.55. The van der Waals surface area contributed by atoms with Crippen molar-refractivity contribution in [3.8, 4) is 0 Å². The molecule has 0 radical (unpaired) electrons. The summed E-state index contributed by atoms with van der Waals surface area (Å²) in [6.07, 6.45) is 3.20. The van der Waals surface area contributed by atoms with Gasteiger partial charge in [0.2, 0.25) is 0 Å². The fourth-order valence-electron chi connectivity index (χ4n) is 2.03. The zero-order valence-corrected chi connectivity index (χ0v) is 13.3. The molecule has 2 aromatic carbocycles. The Morgan fingerprint density at radius 3 is 2.23 bits per heavy atom. The van der Waals surface area contributed by atoms with E-state index in [-0.39, 0.29) is 4.90 Å². The molecule has 2 rings (SSSR count). The Labute approximate surface area is 131 Å². The van der Waals surface area contributed by atoms with Gasteiger partial charge in [0.05, 0.1) is 4.90 Å². The molecule has 1 N–H and O–H groups in total. The number of sulfone groups is 1. The second kappa shape index (κ2) is 7.22. The first-order chi connectivity index (χ1) is 10.5. The second-order valence-electron chi connectivity index (χ2n) is 5.03. The van der Waals surface area contributed by atoms with E-state index in [1.54, 1.807) is 30.3 Å². The molecule has 5 heteroatoms. The maximum Gasteiger partial charge on any atom is 0.345 e. The number of carbonyl (C=O) groups excluding carboxylic acids is 1. The molecule has 4 nitrogen and oxygen atoms in total. The van der Waals surface area contributed by atoms with Crippen molar-refractivity contribution < 1.29 is 13.2 Å². The lowest BCUT2D eigenvalue weighted by Gasteiger charge is -2.07. The number of benzene rings is 2. The van der Waals surface area contributed by atoms with Gasteiger partial charge in [-0.2, -0.15) is 0 Å². The molecule has 0 aliphatic rings. The molecule has 0 saturated carbocycles. The molecule has 0 saturated heterocycles. The summed E-state index contributed by atoms with van der Waals surface area (Å²) >= 11 is 0. The fraction of sp³-hybridized carbons (Fsp3) is 0.235. The minimum atomic E-state index is -4.01. The Kier molecular flexibility index (Phi) is 5.33. The van der Waals surface area contributed by atoms with Gasteiger partial charge >= 0.3 is 5.24 Å². The number of amides is 1. The van der Waals surface area contributed by atoms with Gasteiger partial charge in [-0.15, -0.1) is 0 Å². The molecule has 0 unspecified atom stereocenters. The van der Waals surface area contributed by atoms with E-state index in [9.17, 15) is 13.2 Å². The molecule has 0 aliphatic carbocycles. The number of carbonyl (C=O) groups is 1. The van der Waals surface area contributed by atoms with Crippen LogP contribution >= 0.6 is 0 Å². The largest absolute Gasteiger partial charge is 0.345 e. The number of anilines is 1. The van der Waals surface area contributed by atoms with Crippen LogP contribution in [0, 0.1) is 0 Å². The van der Waals surface area contributed by atoms with Crippen molar-refractivity contribution in [2.45, 2.75) is 31.1 Å². The third-order valence-electron chi connectivity index (χ3n) is 3.32. The predicted octanol–water partition coefficient (Wildman–Crippen LogP) is 4.04. The molecule has 2 aromatic rings. The van der Waals surface area contributed by atoms with Gasteiger partial charge in [0.15, 0.2) is 0 Å². The van der Waals surface area contributed by atoms with Gasteiger partial charge in [-0.05, 0) is 42.7 Å². The van der Waals surface area contributed by atoms with Crippen LogP contribution in [0.15, 0.2) is 59.5 Å². The Morgan fingerprint density at radius 1 is 1.00 bits per heavy atom. The Hall–Kier alpha value is -2.14. The van der Waals surface area contributed by atoms with Crippen LogP contribution in [-0.4, -0.2) is 13.7 Å². The summed E-state index contributed by atoms with van der Waals surface area (Å²) in [7, 11) is -4.01. The first-order valence-corrected chi connectivity index (χ1v) is 8.72. The van der Waals surface area contributed by atoms with Crippen LogP contribution in [0.3, 0.4) is 0 Å². The third kappa shape index (κ3) is 3.95. The summed E-state index contributed by atoms with van der Waals surface area (Å²) in [6, 6.07) is 14.9. The second-order valence-corrected chi connectivity index (χ2v) is 6.88. The number of hydrogen-bond donors (Lipinski definition) is 1. The molecular formula is C17H19NO3S. The summed E-state index contributed by atoms with van der Waals surface area (Å²) in [5.41, 5.74) is 1.65. The molecule has 1 amide bonds. The van der Waals surface area contributed by atoms with Gasteiger partial charge in [-0.1, -0.05) is 43.7 Å². The van der Waals surface area contributed by atoms with E-state index in [0.29, 0.717) is 5.69 Å². The molecule has 116 valence electrons. The van der Waals surface area contributed by atoms with Crippen molar-refractivity contribution in [3.63, 3.8) is 0 Å². The molecule has 0 heterocycles. The van der Waals surface area contributed by atoms with E-state index < -0.39 is 15.1 Å². The lowest BCUT2D eigenvalue weighted by Crippen LogP contribution is -2.21. The summed E-state index contributed by atoms with van der Waals surface area (Å²) in [5.74, 6) is 0. The van der Waals surface area contributed by atoms with Gasteiger partial charge < -0.3 is 5.32 Å². The molecule has 0 fully saturated rings. The predicted molar refractivity (Wildman–Crippen MR) is 87.7 cm³/mol. The van der Waals surface area contributed by atoms with Crippen LogP contribution in [0.4, 0.5) is 10.5 Å². The standard InChI is InChI=1S/C17H19NO3S/c1-2-3-7-14-10-12-15(13-11-14)18-17(19)22(20,21)16-8-5-4-6-9-16/h4-6,8-13H,2-3,7H2,1H3,(H,18,19). The van der Waals surface area contributed by atoms with Gasteiger partial charge in [-0.25, -0.2) is 8.42 Å². The van der Waals surface area contributed by atoms with Crippen molar-refractivity contribution >= 4 is 20.8 Å². The van der Waals surface area contributed by atoms with Gasteiger partial charge in [0.25, 0.3) is 9.84 Å². The SMILES string of the molecule is CCCCc1ccc(NC(=O)S(=O)(=O)c2ccccc2)cc1. The van der Waals surface area contributed by atoms with Gasteiger partial charge in [0.1, 0.15) is 0 Å². The van der Waals surface area contributed by atoms with E-state index in [0.717, 1.165) is 19.3 Å². The average molecular weight is 317 g/mol. The van der Waals surface area contributed by atoms with E-state index >= 15 is 0 Å². The van der Waals surface area contributed by atoms with Gasteiger partial charge in [-0.3, -0.25) is 4.79 Å². The van der Waals surface area contributed by atoms with Crippen molar-refractivity contribution in [1.82, 2.24) is 0 Å². The zero-order valence-electron chi connectivity index (χ0n) is 12.5. The smallest absolute Gasteiger partial charge is 0.312 e. The minimum absolute atomic E-state index is 0.00735. The fourth-order valence-corrected chi connectivity index (χ4v) is 3.01. The molecule has 0 aromatic heterocycles. The number of unbranched alkanes of at least 4 members (excludes halogenated alkanes) is 1. The Balaban J connectivity index is 2.09. The highest BCUT2D eigenvalue weighted by Gasteiger charge is 2.24. The number of rotatable bonds is 5. The van der Waals surface area contributed by atoms with Crippen LogP contribution in [0.5, 0.6) is 0 Å². The summed E-state index contributed by atoms with van der Waals surface area (Å²) < 4.78 is 24.3. The Morgan fingerprint density at radius 2 is 1.64 bits per heavy atom. The first-order valence-electron chi connectivity index (χ1n) is 7.24. The number of nitrogens with one attached hydrogen (secondary N) is 1. The van der Waals surface area contributed by atoms with E-state index in [4.69, 9.17) is 0 Å². The van der Waals surface area contributed by atoms with E-state index in [1.165, 1.54) is 17.7 Å². The number of aryl methyl sites for hydroxylation is 1. The van der Waals surface area contributed by atoms with Crippen LogP contribution in [0.1, 0.15) is 25.3 Å². The van der Waals surface area contributed by atoms with E-state index in [1.807, 2.05) is 12.1 Å². The minimum Gasteiger partial charge on any atom is -0.312 e. The topological polar surface area (TPSA) is 63.2 Å². The van der Waals surface area contributed by atoms with Crippen LogP contribution in [0.2, 0.25) is 0 Å². The molecule has 0 bridgehead atoms. The maximum atomic E-state index is 12.1. The van der Waals surface area contributed by atoms with Crippen LogP contribution in [0.25, 0.3) is 0 Å². The van der Waals surface area contributed by atoms with Crippen LogP contribution in [-0.2, 0) is 16.3 Å². The maximum absolute atomic E-state index is 12.1. The highest BCUT2D eigenvalue weighted by atomic mass is 32.2. The van der Waals surface area contributed by atoms with Crippen molar-refractivity contribution in [2.24, 2.45) is 0 Å². The highest BCUT2D eigenvalue weighted by Crippen LogP contribution is 2.16. The van der Waals surface area contributed by atoms with Gasteiger partial charge in [0, 0.05) is 5.69 Å². The summed E-state index contributed by atoms with van der Waals surface area (Å²) in [5, 5.41) is 1.42. The Bertz CT molecular complexity index is 722. The lowest BCUT2D eigenvalue weighted by molar-refractivity contribution is 0.267. The van der Waals surface area contributed by atoms with Crippen LogP contribution < -0.4 is 5.32 Å². The molecule has 0 atom stereocenters. The molecule has 0 aliphatic heterocycles. The molecule has 22 heavy (non-hydrogen) atoms. The highest BCUT2D eigenvalue weighted by molar-refractivity contribution is 8.06. The zero-order chi connectivity index (χ0) is 16.0. The third-order valence-corrected chi connectivity index (χ3v) is 4.80. The van der Waals surface area contributed by atoms with Crippen molar-refractivity contribution in [1.29, 1.82) is 0 Å². The summed E-state index contributed by atoms with van der Waals surface area (Å²) in [6.45, 7) is 2.13. The van der Waals surface area contributed by atoms with Crippen molar-refractivity contribution in [2.75, 3.05) is 5.32 Å². The molecule has 0 spiro atoms. The summed E-state index contributed by atoms with van der Waals surface area (Å²) in [4.78, 5) is 12.0. The monoisotopic (exact) mass is 317 g/mol. The number of hydrogen-bond acceptors (Lipinski definition) is 3. The lowest BCUT2D eigenvalue weighted by atomic mass is 10.1. The van der Waals surface area contributed by atoms with Crippen molar-refractivity contribution in [3.05, 3.63) is 60.2 Å². The quantitative estimate of drug-likeness (QED) is 0.905. The molecular weight excluding hydrogens is 298 g/mol. The normalized spacial score (nSPS) is 11.1. The van der Waals surface area contributed by atoms with E-state index in [2.05, 4.69) is 12.2 Å². The first kappa shape index (κ1) is 16.2.